The van der Waals surface area contributed by atoms with Crippen LogP contribution in [0.1, 0.15) is 47.0 Å². The first-order chi connectivity index (χ1) is 7.03. The molecule has 3 heteroatoms. The second-order valence-electron chi connectivity index (χ2n) is 5.19. The zero-order valence-corrected chi connectivity index (χ0v) is 11.3. The van der Waals surface area contributed by atoms with E-state index in [0.29, 0.717) is 16.7 Å². The van der Waals surface area contributed by atoms with Gasteiger partial charge < -0.3 is 5.32 Å². The van der Waals surface area contributed by atoms with Gasteiger partial charge >= 0.3 is 0 Å². The Balaban J connectivity index is 2.68. The Morgan fingerprint density at radius 3 is 2.60 bits per heavy atom. The van der Waals surface area contributed by atoms with Gasteiger partial charge in [0.05, 0.1) is 5.25 Å². The Morgan fingerprint density at radius 2 is 2.07 bits per heavy atom. The second kappa shape index (κ2) is 5.44. The molecule has 0 aliphatic heterocycles. The number of nitrogens with one attached hydrogen (secondary N) is 1. The molecular weight excluding hydrogens is 206 g/mol. The highest BCUT2D eigenvalue weighted by Crippen LogP contribution is 2.39. The lowest BCUT2D eigenvalue weighted by atomic mass is 9.87. The van der Waals surface area contributed by atoms with Crippen LogP contribution < -0.4 is 5.32 Å². The quantitative estimate of drug-likeness (QED) is 0.787. The number of hydrogen-bond acceptors (Lipinski definition) is 2. The lowest BCUT2D eigenvalue weighted by Gasteiger charge is -2.31. The highest BCUT2D eigenvalue weighted by Gasteiger charge is 2.43. The normalized spacial score (nSPS) is 31.7. The maximum Gasteiger partial charge on any atom is 0.0506 e. The van der Waals surface area contributed by atoms with Crippen molar-refractivity contribution in [2.45, 2.75) is 58.2 Å². The second-order valence-corrected chi connectivity index (χ2v) is 6.96. The molecule has 1 fully saturated rings. The van der Waals surface area contributed by atoms with Gasteiger partial charge in [0.2, 0.25) is 0 Å². The van der Waals surface area contributed by atoms with E-state index in [4.69, 9.17) is 0 Å². The van der Waals surface area contributed by atoms with Crippen molar-refractivity contribution < 1.29 is 4.21 Å². The van der Waals surface area contributed by atoms with Gasteiger partial charge in [0.1, 0.15) is 0 Å². The summed E-state index contributed by atoms with van der Waals surface area (Å²) in [4.78, 5) is 0. The van der Waals surface area contributed by atoms with Crippen LogP contribution in [0.2, 0.25) is 0 Å². The summed E-state index contributed by atoms with van der Waals surface area (Å²) in [7, 11) is -0.636. The molecule has 0 heterocycles. The Labute approximate surface area is 96.7 Å². The molecular formula is C12H25NOS. The highest BCUT2D eigenvalue weighted by atomic mass is 32.2. The van der Waals surface area contributed by atoms with E-state index in [9.17, 15) is 4.21 Å². The van der Waals surface area contributed by atoms with Crippen molar-refractivity contribution >= 4 is 10.8 Å². The van der Waals surface area contributed by atoms with Gasteiger partial charge in [0.25, 0.3) is 0 Å². The molecule has 0 radical (unpaired) electrons. The van der Waals surface area contributed by atoms with E-state index in [1.165, 1.54) is 6.42 Å². The molecule has 15 heavy (non-hydrogen) atoms. The monoisotopic (exact) mass is 231 g/mol. The first-order valence-corrected chi connectivity index (χ1v) is 7.51. The fraction of sp³-hybridized carbons (Fsp3) is 1.00. The van der Waals surface area contributed by atoms with Crippen molar-refractivity contribution in [3.63, 3.8) is 0 Å². The van der Waals surface area contributed by atoms with Crippen LogP contribution >= 0.6 is 0 Å². The van der Waals surface area contributed by atoms with Gasteiger partial charge in [-0.2, -0.15) is 0 Å². The standard InChI is InChI=1S/C12H25NOS/c1-5-9-15(14)10-7-8-12(3,4)11(10)13-6-2/h10-11,13H,5-9H2,1-4H3. The molecule has 3 atom stereocenters. The van der Waals surface area contributed by atoms with Gasteiger partial charge in [0, 0.05) is 22.6 Å². The van der Waals surface area contributed by atoms with Crippen LogP contribution in [0.3, 0.4) is 0 Å². The smallest absolute Gasteiger partial charge is 0.0506 e. The van der Waals surface area contributed by atoms with Crippen molar-refractivity contribution in [1.29, 1.82) is 0 Å². The first kappa shape index (κ1) is 13.2. The van der Waals surface area contributed by atoms with Crippen molar-refractivity contribution in [3.8, 4) is 0 Å². The maximum absolute atomic E-state index is 12.1. The molecule has 0 saturated heterocycles. The SMILES string of the molecule is CCCS(=O)C1CCC(C)(C)C1NCC. The predicted octanol–water partition coefficient (Wildman–Crippen LogP) is 2.31. The molecule has 1 N–H and O–H groups in total. The lowest BCUT2D eigenvalue weighted by molar-refractivity contribution is 0.289. The van der Waals surface area contributed by atoms with Crippen LogP contribution in [-0.4, -0.2) is 27.8 Å². The van der Waals surface area contributed by atoms with Gasteiger partial charge in [-0.1, -0.05) is 27.7 Å². The van der Waals surface area contributed by atoms with Gasteiger partial charge in [-0.3, -0.25) is 4.21 Å². The largest absolute Gasteiger partial charge is 0.313 e. The highest BCUT2D eigenvalue weighted by molar-refractivity contribution is 7.85. The van der Waals surface area contributed by atoms with Gasteiger partial charge in [-0.25, -0.2) is 0 Å². The van der Waals surface area contributed by atoms with Gasteiger partial charge in [-0.15, -0.1) is 0 Å². The van der Waals surface area contributed by atoms with Crippen molar-refractivity contribution in [2.75, 3.05) is 12.3 Å². The van der Waals surface area contributed by atoms with Crippen molar-refractivity contribution in [2.24, 2.45) is 5.41 Å². The molecule has 1 aliphatic rings. The van der Waals surface area contributed by atoms with Crippen LogP contribution in [0.15, 0.2) is 0 Å². The average Bonchev–Trinajstić information content (AvgIpc) is 2.44. The molecule has 0 aromatic carbocycles. The minimum atomic E-state index is -0.636. The van der Waals surface area contributed by atoms with Crippen molar-refractivity contribution in [3.05, 3.63) is 0 Å². The summed E-state index contributed by atoms with van der Waals surface area (Å²) in [6.07, 6.45) is 3.35. The molecule has 0 aromatic heterocycles. The van der Waals surface area contributed by atoms with Gasteiger partial charge in [-0.05, 0) is 31.2 Å². The van der Waals surface area contributed by atoms with E-state index >= 15 is 0 Å². The molecule has 1 aliphatic carbocycles. The molecule has 3 unspecified atom stereocenters. The number of hydrogen-bond donors (Lipinski definition) is 1. The van der Waals surface area contributed by atoms with Crippen LogP contribution in [0, 0.1) is 5.41 Å². The Morgan fingerprint density at radius 1 is 1.40 bits per heavy atom. The predicted molar refractivity (Wildman–Crippen MR) is 67.6 cm³/mol. The Bertz CT molecular complexity index is 228. The summed E-state index contributed by atoms with van der Waals surface area (Å²) in [5, 5.41) is 3.91. The lowest BCUT2D eigenvalue weighted by Crippen LogP contribution is -2.46. The van der Waals surface area contributed by atoms with Crippen LogP contribution in [-0.2, 0) is 10.8 Å². The summed E-state index contributed by atoms with van der Waals surface area (Å²) in [6.45, 7) is 9.81. The van der Waals surface area contributed by atoms with E-state index in [0.717, 1.165) is 25.1 Å². The first-order valence-electron chi connectivity index (χ1n) is 6.13. The van der Waals surface area contributed by atoms with Gasteiger partial charge in [0.15, 0.2) is 0 Å². The fourth-order valence-corrected chi connectivity index (χ4v) is 4.46. The van der Waals surface area contributed by atoms with E-state index in [2.05, 4.69) is 33.0 Å². The molecule has 0 spiro atoms. The average molecular weight is 231 g/mol. The summed E-state index contributed by atoms with van der Waals surface area (Å²) in [6, 6.07) is 0.440. The maximum atomic E-state index is 12.1. The topological polar surface area (TPSA) is 29.1 Å². The minimum Gasteiger partial charge on any atom is -0.313 e. The molecule has 2 nitrogen and oxygen atoms in total. The molecule has 90 valence electrons. The number of rotatable bonds is 5. The van der Waals surface area contributed by atoms with Crippen LogP contribution in [0.4, 0.5) is 0 Å². The molecule has 0 aromatic rings. The minimum absolute atomic E-state index is 0.310. The zero-order valence-electron chi connectivity index (χ0n) is 10.5. The Kier molecular flexibility index (Phi) is 4.78. The summed E-state index contributed by atoms with van der Waals surface area (Å²) in [5.41, 5.74) is 0.310. The third-order valence-electron chi connectivity index (χ3n) is 3.45. The Hall–Kier alpha value is 0.110. The van der Waals surface area contributed by atoms with E-state index in [1.54, 1.807) is 0 Å². The zero-order chi connectivity index (χ0) is 11.5. The summed E-state index contributed by atoms with van der Waals surface area (Å²) in [5.74, 6) is 0.864. The molecule has 0 amide bonds. The molecule has 1 rings (SSSR count). The molecule has 1 saturated carbocycles. The third-order valence-corrected chi connectivity index (χ3v) is 5.45. The van der Waals surface area contributed by atoms with E-state index < -0.39 is 10.8 Å². The van der Waals surface area contributed by atoms with E-state index in [-0.39, 0.29) is 0 Å². The molecule has 0 bridgehead atoms. The van der Waals surface area contributed by atoms with E-state index in [1.807, 2.05) is 0 Å². The third kappa shape index (κ3) is 3.04. The van der Waals surface area contributed by atoms with Crippen LogP contribution in [0.25, 0.3) is 0 Å². The van der Waals surface area contributed by atoms with Crippen molar-refractivity contribution in [1.82, 2.24) is 5.32 Å². The fourth-order valence-electron chi connectivity index (χ4n) is 2.60. The van der Waals surface area contributed by atoms with Crippen LogP contribution in [0.5, 0.6) is 0 Å². The summed E-state index contributed by atoms with van der Waals surface area (Å²) < 4.78 is 12.1. The summed E-state index contributed by atoms with van der Waals surface area (Å²) >= 11 is 0.